The minimum Gasteiger partial charge on any atom is -0.494 e. The largest absolute Gasteiger partial charge is 0.494 e. The maximum Gasteiger partial charge on any atom is 0.204 e. The first kappa shape index (κ1) is 13.6. The Balaban J connectivity index is 1.66. The number of ether oxygens (including phenoxy) is 1. The number of para-hydroxylation sites is 1. The van der Waals surface area contributed by atoms with Crippen LogP contribution in [-0.2, 0) is 0 Å². The molecule has 4 nitrogen and oxygen atoms in total. The molecule has 1 heterocycles. The summed E-state index contributed by atoms with van der Waals surface area (Å²) in [5.74, 6) is 0.869. The number of benzene rings is 2. The minimum absolute atomic E-state index is 0.673. The molecule has 0 saturated heterocycles. The van der Waals surface area contributed by atoms with Crippen LogP contribution >= 0.6 is 11.3 Å². The topological polar surface area (TPSA) is 46.5 Å². The van der Waals surface area contributed by atoms with Crippen LogP contribution < -0.4 is 10.2 Å². The molecule has 2 aromatic carbocycles. The predicted octanol–water partition coefficient (Wildman–Crippen LogP) is 4.14. The zero-order chi connectivity index (χ0) is 14.5. The van der Waals surface area contributed by atoms with Gasteiger partial charge in [-0.3, -0.25) is 5.43 Å². The summed E-state index contributed by atoms with van der Waals surface area (Å²) < 4.78 is 6.55. The Morgan fingerprint density at radius 1 is 1.19 bits per heavy atom. The molecule has 3 aromatic rings. The summed E-state index contributed by atoms with van der Waals surface area (Å²) in [5.41, 5.74) is 4.96. The molecule has 0 fully saturated rings. The molecule has 1 N–H and O–H groups in total. The first-order chi connectivity index (χ1) is 10.3. The summed E-state index contributed by atoms with van der Waals surface area (Å²) in [7, 11) is 0. The number of hydrogen-bond donors (Lipinski definition) is 1. The Kier molecular flexibility index (Phi) is 4.12. The van der Waals surface area contributed by atoms with E-state index in [-0.39, 0.29) is 0 Å². The second-order valence-corrected chi connectivity index (χ2v) is 5.39. The number of anilines is 1. The number of thiazole rings is 1. The van der Waals surface area contributed by atoms with Crippen LogP contribution in [0.3, 0.4) is 0 Å². The van der Waals surface area contributed by atoms with Gasteiger partial charge in [0.2, 0.25) is 5.13 Å². The Labute approximate surface area is 127 Å². The van der Waals surface area contributed by atoms with Crippen molar-refractivity contribution in [3.63, 3.8) is 0 Å². The molecule has 0 radical (unpaired) electrons. The van der Waals surface area contributed by atoms with E-state index in [1.165, 1.54) is 0 Å². The van der Waals surface area contributed by atoms with Crippen molar-refractivity contribution in [2.75, 3.05) is 12.0 Å². The third-order valence-electron chi connectivity index (χ3n) is 2.86. The fraction of sp³-hybridized carbons (Fsp3) is 0.125. The molecule has 0 atom stereocenters. The molecule has 0 bridgehead atoms. The Bertz CT molecular complexity index is 717. The Hall–Kier alpha value is -2.40. The van der Waals surface area contributed by atoms with Crippen molar-refractivity contribution >= 4 is 32.9 Å². The summed E-state index contributed by atoms with van der Waals surface area (Å²) in [6.07, 6.45) is 1.77. The normalized spacial score (nSPS) is 11.1. The molecule has 0 spiro atoms. The van der Waals surface area contributed by atoms with E-state index in [1.807, 2.05) is 55.5 Å². The van der Waals surface area contributed by atoms with Gasteiger partial charge in [-0.25, -0.2) is 4.98 Å². The van der Waals surface area contributed by atoms with Crippen molar-refractivity contribution in [2.24, 2.45) is 5.10 Å². The van der Waals surface area contributed by atoms with Crippen LogP contribution in [0, 0.1) is 0 Å². The quantitative estimate of drug-likeness (QED) is 0.568. The number of rotatable bonds is 5. The molecule has 0 saturated carbocycles. The summed E-state index contributed by atoms with van der Waals surface area (Å²) in [4.78, 5) is 4.46. The average Bonchev–Trinajstić information content (AvgIpc) is 2.92. The van der Waals surface area contributed by atoms with Gasteiger partial charge in [0.05, 0.1) is 23.0 Å². The van der Waals surface area contributed by atoms with Crippen LogP contribution in [0.5, 0.6) is 5.75 Å². The summed E-state index contributed by atoms with van der Waals surface area (Å²) in [6, 6.07) is 15.8. The van der Waals surface area contributed by atoms with Crippen LogP contribution in [0.2, 0.25) is 0 Å². The van der Waals surface area contributed by atoms with E-state index in [0.717, 1.165) is 26.7 Å². The SMILES string of the molecule is CCOc1ccc(/C=N/Nc2nc3ccccc3s2)cc1. The van der Waals surface area contributed by atoms with Crippen molar-refractivity contribution in [1.82, 2.24) is 4.98 Å². The van der Waals surface area contributed by atoms with Crippen LogP contribution in [0.1, 0.15) is 12.5 Å². The maximum absolute atomic E-state index is 5.40. The van der Waals surface area contributed by atoms with E-state index >= 15 is 0 Å². The zero-order valence-electron chi connectivity index (χ0n) is 11.6. The maximum atomic E-state index is 5.40. The molecule has 106 valence electrons. The molecule has 0 aliphatic rings. The highest BCUT2D eigenvalue weighted by Gasteiger charge is 2.00. The smallest absolute Gasteiger partial charge is 0.204 e. The fourth-order valence-electron chi connectivity index (χ4n) is 1.90. The Morgan fingerprint density at radius 3 is 2.76 bits per heavy atom. The standard InChI is InChI=1S/C16H15N3OS/c1-2-20-13-9-7-12(8-10-13)11-17-19-16-18-14-5-3-4-6-15(14)21-16/h3-11H,2H2,1H3,(H,18,19)/b17-11+. The lowest BCUT2D eigenvalue weighted by Crippen LogP contribution is -1.92. The lowest BCUT2D eigenvalue weighted by atomic mass is 10.2. The molecule has 3 rings (SSSR count). The van der Waals surface area contributed by atoms with E-state index in [4.69, 9.17) is 4.74 Å². The van der Waals surface area contributed by atoms with Crippen molar-refractivity contribution in [1.29, 1.82) is 0 Å². The molecular weight excluding hydrogens is 282 g/mol. The van der Waals surface area contributed by atoms with Gasteiger partial charge in [-0.1, -0.05) is 23.5 Å². The van der Waals surface area contributed by atoms with Gasteiger partial charge in [0.1, 0.15) is 5.75 Å². The van der Waals surface area contributed by atoms with Crippen molar-refractivity contribution in [3.05, 3.63) is 54.1 Å². The van der Waals surface area contributed by atoms with Crippen LogP contribution in [0.25, 0.3) is 10.2 Å². The van der Waals surface area contributed by atoms with Gasteiger partial charge in [0.15, 0.2) is 0 Å². The van der Waals surface area contributed by atoms with Crippen molar-refractivity contribution in [3.8, 4) is 5.75 Å². The Morgan fingerprint density at radius 2 is 2.00 bits per heavy atom. The third-order valence-corrected chi connectivity index (χ3v) is 3.80. The number of nitrogens with zero attached hydrogens (tertiary/aromatic N) is 2. The molecule has 0 amide bonds. The van der Waals surface area contributed by atoms with E-state index < -0.39 is 0 Å². The highest BCUT2D eigenvalue weighted by atomic mass is 32.1. The molecule has 1 aromatic heterocycles. The highest BCUT2D eigenvalue weighted by molar-refractivity contribution is 7.22. The summed E-state index contributed by atoms with van der Waals surface area (Å²) in [5, 5.41) is 5.01. The number of fused-ring (bicyclic) bond motifs is 1. The van der Waals surface area contributed by atoms with E-state index in [9.17, 15) is 0 Å². The first-order valence-electron chi connectivity index (χ1n) is 6.72. The average molecular weight is 297 g/mol. The summed E-state index contributed by atoms with van der Waals surface area (Å²) >= 11 is 1.59. The van der Waals surface area contributed by atoms with Crippen LogP contribution in [-0.4, -0.2) is 17.8 Å². The van der Waals surface area contributed by atoms with Gasteiger partial charge < -0.3 is 4.74 Å². The van der Waals surface area contributed by atoms with Crippen LogP contribution in [0.15, 0.2) is 53.6 Å². The van der Waals surface area contributed by atoms with E-state index in [1.54, 1.807) is 17.6 Å². The van der Waals surface area contributed by atoms with Crippen molar-refractivity contribution < 1.29 is 4.74 Å². The third kappa shape index (κ3) is 3.38. The fourth-order valence-corrected chi connectivity index (χ4v) is 2.71. The van der Waals surface area contributed by atoms with Gasteiger partial charge in [0.25, 0.3) is 0 Å². The molecule has 5 heteroatoms. The first-order valence-corrected chi connectivity index (χ1v) is 7.54. The molecule has 21 heavy (non-hydrogen) atoms. The predicted molar refractivity (Wildman–Crippen MR) is 88.4 cm³/mol. The van der Waals surface area contributed by atoms with Crippen LogP contribution in [0.4, 0.5) is 5.13 Å². The lowest BCUT2D eigenvalue weighted by Gasteiger charge is -2.01. The van der Waals surface area contributed by atoms with E-state index in [0.29, 0.717) is 6.61 Å². The number of aromatic nitrogens is 1. The van der Waals surface area contributed by atoms with Crippen molar-refractivity contribution in [2.45, 2.75) is 6.92 Å². The molecule has 0 aliphatic carbocycles. The zero-order valence-corrected chi connectivity index (χ0v) is 12.4. The van der Waals surface area contributed by atoms with Gasteiger partial charge in [-0.15, -0.1) is 0 Å². The molecule has 0 aliphatic heterocycles. The minimum atomic E-state index is 0.673. The number of hydrogen-bond acceptors (Lipinski definition) is 5. The van der Waals surface area contributed by atoms with Gasteiger partial charge in [-0.2, -0.15) is 5.10 Å². The van der Waals surface area contributed by atoms with Gasteiger partial charge in [-0.05, 0) is 48.9 Å². The second kappa shape index (κ2) is 6.37. The number of hydrazone groups is 1. The summed E-state index contributed by atoms with van der Waals surface area (Å²) in [6.45, 7) is 2.64. The van der Waals surface area contributed by atoms with Gasteiger partial charge in [0, 0.05) is 0 Å². The number of nitrogens with one attached hydrogen (secondary N) is 1. The molecule has 0 unspecified atom stereocenters. The highest BCUT2D eigenvalue weighted by Crippen LogP contribution is 2.25. The second-order valence-electron chi connectivity index (χ2n) is 4.36. The lowest BCUT2D eigenvalue weighted by molar-refractivity contribution is 0.340. The van der Waals surface area contributed by atoms with E-state index in [2.05, 4.69) is 15.5 Å². The molecular formula is C16H15N3OS. The van der Waals surface area contributed by atoms with Gasteiger partial charge >= 0.3 is 0 Å². The monoisotopic (exact) mass is 297 g/mol.